The smallest absolute Gasteiger partial charge is 0.352 e. The molecule has 1 aromatic carbocycles. The van der Waals surface area contributed by atoms with Crippen molar-refractivity contribution in [2.24, 2.45) is 0 Å². The first-order valence-corrected chi connectivity index (χ1v) is 8.28. The maximum atomic E-state index is 12.5. The monoisotopic (exact) mass is 344 g/mol. The van der Waals surface area contributed by atoms with Crippen molar-refractivity contribution in [3.05, 3.63) is 28.2 Å². The lowest BCUT2D eigenvalue weighted by Crippen LogP contribution is -2.40. The highest BCUT2D eigenvalue weighted by molar-refractivity contribution is 5.68. The summed E-state index contributed by atoms with van der Waals surface area (Å²) in [7, 11) is 3.21. The van der Waals surface area contributed by atoms with Crippen LogP contribution in [0.1, 0.15) is 5.56 Å². The van der Waals surface area contributed by atoms with Gasteiger partial charge < -0.3 is 19.1 Å². The summed E-state index contributed by atoms with van der Waals surface area (Å²) in [6, 6.07) is 3.84. The van der Waals surface area contributed by atoms with E-state index in [-0.39, 0.29) is 5.69 Å². The highest BCUT2D eigenvalue weighted by Crippen LogP contribution is 2.37. The topological polar surface area (TPSA) is 78.7 Å². The van der Waals surface area contributed by atoms with E-state index in [1.165, 1.54) is 0 Å². The van der Waals surface area contributed by atoms with Crippen LogP contribution in [0.4, 0.5) is 5.95 Å². The van der Waals surface area contributed by atoms with Gasteiger partial charge in [-0.2, -0.15) is 9.97 Å². The minimum atomic E-state index is -0.271. The average molecular weight is 344 g/mol. The summed E-state index contributed by atoms with van der Waals surface area (Å²) in [4.78, 5) is 23.4. The van der Waals surface area contributed by atoms with Crippen LogP contribution < -0.4 is 20.1 Å². The molecule has 1 aromatic heterocycles. The zero-order valence-corrected chi connectivity index (χ0v) is 14.3. The molecule has 0 atom stereocenters. The van der Waals surface area contributed by atoms with Gasteiger partial charge in [-0.05, 0) is 24.1 Å². The quantitative estimate of drug-likeness (QED) is 0.811. The fourth-order valence-corrected chi connectivity index (χ4v) is 3.30. The molecule has 2 aromatic rings. The second kappa shape index (κ2) is 6.36. The molecule has 1 fully saturated rings. The van der Waals surface area contributed by atoms with Crippen LogP contribution in [0.15, 0.2) is 16.9 Å². The Bertz CT molecular complexity index is 858. The van der Waals surface area contributed by atoms with Crippen LogP contribution in [-0.4, -0.2) is 55.1 Å². The lowest BCUT2D eigenvalue weighted by Gasteiger charge is -2.28. The summed E-state index contributed by atoms with van der Waals surface area (Å²) in [6.07, 6.45) is 0.725. The lowest BCUT2D eigenvalue weighted by atomic mass is 9.99. The van der Waals surface area contributed by atoms with Gasteiger partial charge in [-0.1, -0.05) is 0 Å². The molecule has 25 heavy (non-hydrogen) atoms. The zero-order chi connectivity index (χ0) is 17.4. The Morgan fingerprint density at radius 1 is 1.04 bits per heavy atom. The standard InChI is InChI=1S/C17H20N4O4/c1-23-13-9-11-3-4-21-15(12(11)10-14(13)24-2)18-16(19-17(21)22)20-5-7-25-8-6-20/h9-10H,3-8H2,1-2H3. The third-order valence-electron chi connectivity index (χ3n) is 4.64. The highest BCUT2D eigenvalue weighted by atomic mass is 16.5. The van der Waals surface area contributed by atoms with E-state index in [4.69, 9.17) is 19.2 Å². The molecule has 0 bridgehead atoms. The fraction of sp³-hybridized carbons (Fsp3) is 0.471. The Balaban J connectivity index is 1.85. The van der Waals surface area contributed by atoms with E-state index in [2.05, 4.69) is 4.98 Å². The molecule has 0 aliphatic carbocycles. The molecular formula is C17H20N4O4. The molecular weight excluding hydrogens is 324 g/mol. The molecule has 0 amide bonds. The maximum absolute atomic E-state index is 12.5. The molecule has 2 aliphatic heterocycles. The Morgan fingerprint density at radius 3 is 2.48 bits per heavy atom. The molecule has 3 heterocycles. The third kappa shape index (κ3) is 2.72. The van der Waals surface area contributed by atoms with Crippen molar-refractivity contribution in [1.82, 2.24) is 14.5 Å². The molecule has 1 saturated heterocycles. The number of hydrogen-bond acceptors (Lipinski definition) is 7. The van der Waals surface area contributed by atoms with Gasteiger partial charge in [0.15, 0.2) is 11.5 Å². The van der Waals surface area contributed by atoms with Crippen molar-refractivity contribution in [2.75, 3.05) is 45.4 Å². The number of benzene rings is 1. The number of morpholine rings is 1. The number of aryl methyl sites for hydroxylation is 1. The Morgan fingerprint density at radius 2 is 1.76 bits per heavy atom. The van der Waals surface area contributed by atoms with Gasteiger partial charge in [0, 0.05) is 25.2 Å². The third-order valence-corrected chi connectivity index (χ3v) is 4.64. The van der Waals surface area contributed by atoms with E-state index in [0.717, 1.165) is 17.5 Å². The Hall–Kier alpha value is -2.61. The molecule has 0 radical (unpaired) electrons. The van der Waals surface area contributed by atoms with Crippen LogP contribution in [0.2, 0.25) is 0 Å². The van der Waals surface area contributed by atoms with Crippen molar-refractivity contribution in [3.8, 4) is 22.9 Å². The summed E-state index contributed by atoms with van der Waals surface area (Å²) < 4.78 is 17.8. The van der Waals surface area contributed by atoms with Crippen molar-refractivity contribution < 1.29 is 14.2 Å². The molecule has 0 N–H and O–H groups in total. The van der Waals surface area contributed by atoms with Gasteiger partial charge in [0.25, 0.3) is 0 Å². The van der Waals surface area contributed by atoms with Crippen LogP contribution in [0.5, 0.6) is 11.5 Å². The van der Waals surface area contributed by atoms with Crippen molar-refractivity contribution >= 4 is 5.95 Å². The number of nitrogens with zero attached hydrogens (tertiary/aromatic N) is 4. The largest absolute Gasteiger partial charge is 0.493 e. The number of aromatic nitrogens is 3. The first kappa shape index (κ1) is 15.9. The first-order chi connectivity index (χ1) is 12.2. The first-order valence-electron chi connectivity index (χ1n) is 8.28. The second-order valence-electron chi connectivity index (χ2n) is 6.00. The van der Waals surface area contributed by atoms with E-state index < -0.39 is 0 Å². The van der Waals surface area contributed by atoms with E-state index in [1.807, 2.05) is 17.0 Å². The predicted octanol–water partition coefficient (Wildman–Crippen LogP) is 0.715. The van der Waals surface area contributed by atoms with Gasteiger partial charge in [-0.25, -0.2) is 4.79 Å². The van der Waals surface area contributed by atoms with Gasteiger partial charge in [0.2, 0.25) is 5.95 Å². The molecule has 0 spiro atoms. The fourth-order valence-electron chi connectivity index (χ4n) is 3.30. The molecule has 0 unspecified atom stereocenters. The molecule has 4 rings (SSSR count). The van der Waals surface area contributed by atoms with Crippen molar-refractivity contribution in [1.29, 1.82) is 0 Å². The number of rotatable bonds is 3. The van der Waals surface area contributed by atoms with Crippen molar-refractivity contribution in [2.45, 2.75) is 13.0 Å². The van der Waals surface area contributed by atoms with Gasteiger partial charge in [0.05, 0.1) is 27.4 Å². The van der Waals surface area contributed by atoms with Crippen LogP contribution >= 0.6 is 0 Å². The second-order valence-corrected chi connectivity index (χ2v) is 6.00. The van der Waals surface area contributed by atoms with Gasteiger partial charge >= 0.3 is 5.69 Å². The number of anilines is 1. The summed E-state index contributed by atoms with van der Waals surface area (Å²) in [5, 5.41) is 0. The Kier molecular flexibility index (Phi) is 4.04. The summed E-state index contributed by atoms with van der Waals surface area (Å²) in [5.74, 6) is 2.39. The average Bonchev–Trinajstić information content (AvgIpc) is 2.67. The van der Waals surface area contributed by atoms with E-state index in [9.17, 15) is 4.79 Å². The van der Waals surface area contributed by atoms with E-state index in [0.29, 0.717) is 56.1 Å². The molecule has 8 heteroatoms. The van der Waals surface area contributed by atoms with Gasteiger partial charge in [-0.3, -0.25) is 4.57 Å². The van der Waals surface area contributed by atoms with Gasteiger partial charge in [-0.15, -0.1) is 0 Å². The van der Waals surface area contributed by atoms with Gasteiger partial charge in [0.1, 0.15) is 5.82 Å². The van der Waals surface area contributed by atoms with Crippen LogP contribution in [-0.2, 0) is 17.7 Å². The number of fused-ring (bicyclic) bond motifs is 3. The predicted molar refractivity (Wildman–Crippen MR) is 91.6 cm³/mol. The zero-order valence-electron chi connectivity index (χ0n) is 14.3. The van der Waals surface area contributed by atoms with Crippen LogP contribution in [0.3, 0.4) is 0 Å². The highest BCUT2D eigenvalue weighted by Gasteiger charge is 2.24. The van der Waals surface area contributed by atoms with Crippen LogP contribution in [0.25, 0.3) is 11.4 Å². The van der Waals surface area contributed by atoms with Crippen LogP contribution in [0, 0.1) is 0 Å². The minimum absolute atomic E-state index is 0.271. The molecule has 0 saturated carbocycles. The maximum Gasteiger partial charge on any atom is 0.352 e. The normalized spacial score (nSPS) is 16.2. The summed E-state index contributed by atoms with van der Waals surface area (Å²) >= 11 is 0. The molecule has 8 nitrogen and oxygen atoms in total. The summed E-state index contributed by atoms with van der Waals surface area (Å²) in [5.41, 5.74) is 1.70. The molecule has 132 valence electrons. The van der Waals surface area contributed by atoms with E-state index in [1.54, 1.807) is 18.8 Å². The number of hydrogen-bond donors (Lipinski definition) is 0. The minimum Gasteiger partial charge on any atom is -0.493 e. The molecule has 2 aliphatic rings. The van der Waals surface area contributed by atoms with E-state index >= 15 is 0 Å². The lowest BCUT2D eigenvalue weighted by molar-refractivity contribution is 0.122. The van der Waals surface area contributed by atoms with Crippen molar-refractivity contribution in [3.63, 3.8) is 0 Å². The SMILES string of the molecule is COc1cc2c(cc1OC)-c1nc(N3CCOCC3)nc(=O)n1CC2. The summed E-state index contributed by atoms with van der Waals surface area (Å²) in [6.45, 7) is 3.15. The number of ether oxygens (including phenoxy) is 3. The number of methoxy groups -OCH3 is 2. The Labute approximate surface area is 145 Å².